The van der Waals surface area contributed by atoms with Crippen LogP contribution in [0, 0.1) is 0 Å². The molecule has 2 aliphatic rings. The van der Waals surface area contributed by atoms with Crippen LogP contribution in [0.5, 0.6) is 0 Å². The Balaban J connectivity index is 2.04. The summed E-state index contributed by atoms with van der Waals surface area (Å²) in [5.41, 5.74) is 0. The third-order valence-corrected chi connectivity index (χ3v) is 2.34. The fourth-order valence-corrected chi connectivity index (χ4v) is 1.75. The molecule has 0 aromatic heterocycles. The average Bonchev–Trinajstić information content (AvgIpc) is 2.63. The van der Waals surface area contributed by atoms with Crippen molar-refractivity contribution in [3.63, 3.8) is 0 Å². The number of hydrogen-bond donors (Lipinski definition) is 0. The van der Waals surface area contributed by atoms with E-state index in [0.717, 1.165) is 12.8 Å². The van der Waals surface area contributed by atoms with E-state index < -0.39 is 0 Å². The highest BCUT2D eigenvalue weighted by molar-refractivity contribution is 5.73. The molecule has 2 rings (SSSR count). The minimum absolute atomic E-state index is 0.108. The summed E-state index contributed by atoms with van der Waals surface area (Å²) < 4.78 is 4.85. The molecule has 2 saturated heterocycles. The van der Waals surface area contributed by atoms with Gasteiger partial charge in [-0.2, -0.15) is 0 Å². The highest BCUT2D eigenvalue weighted by Gasteiger charge is 2.52. The van der Waals surface area contributed by atoms with Crippen LogP contribution in [0.4, 0.5) is 4.79 Å². The predicted molar refractivity (Wildman–Crippen MR) is 35.7 cm³/mol. The van der Waals surface area contributed by atoms with E-state index in [0.29, 0.717) is 18.7 Å². The second-order valence-electron chi connectivity index (χ2n) is 2.85. The smallest absolute Gasteiger partial charge is 0.410 e. The zero-order chi connectivity index (χ0) is 7.14. The molecular weight excluding hydrogens is 130 g/mol. The van der Waals surface area contributed by atoms with Crippen LogP contribution in [0.3, 0.4) is 0 Å². The van der Waals surface area contributed by atoms with Crippen molar-refractivity contribution < 1.29 is 9.53 Å². The SMILES string of the molecule is CC[C@H]1[C@@H]2CCOC(=O)N12. The molecule has 0 saturated carbocycles. The van der Waals surface area contributed by atoms with Crippen molar-refractivity contribution in [1.29, 1.82) is 0 Å². The van der Waals surface area contributed by atoms with Crippen molar-refractivity contribution in [3.8, 4) is 0 Å². The van der Waals surface area contributed by atoms with E-state index in [9.17, 15) is 4.79 Å². The van der Waals surface area contributed by atoms with Gasteiger partial charge in [0.1, 0.15) is 0 Å². The van der Waals surface area contributed by atoms with Crippen LogP contribution < -0.4 is 0 Å². The quantitative estimate of drug-likeness (QED) is 0.509. The lowest BCUT2D eigenvalue weighted by Gasteiger charge is -2.10. The van der Waals surface area contributed by atoms with Crippen molar-refractivity contribution in [2.45, 2.75) is 31.8 Å². The molecule has 1 amide bonds. The van der Waals surface area contributed by atoms with Crippen LogP contribution in [0.25, 0.3) is 0 Å². The molecule has 0 bridgehead atoms. The Morgan fingerprint density at radius 3 is 3.20 bits per heavy atom. The maximum atomic E-state index is 10.9. The third kappa shape index (κ3) is 0.632. The van der Waals surface area contributed by atoms with Crippen molar-refractivity contribution in [1.82, 2.24) is 4.90 Å². The largest absolute Gasteiger partial charge is 0.449 e. The molecule has 0 spiro atoms. The molecule has 2 heterocycles. The Bertz CT molecular complexity index is 165. The van der Waals surface area contributed by atoms with Gasteiger partial charge in [-0.15, -0.1) is 0 Å². The number of carbonyl (C=O) groups excluding carboxylic acids is 1. The molecule has 2 atom stereocenters. The van der Waals surface area contributed by atoms with Gasteiger partial charge in [0.05, 0.1) is 18.7 Å². The fourth-order valence-electron chi connectivity index (χ4n) is 1.75. The molecule has 3 heteroatoms. The van der Waals surface area contributed by atoms with Crippen molar-refractivity contribution >= 4 is 6.09 Å². The third-order valence-electron chi connectivity index (χ3n) is 2.34. The van der Waals surface area contributed by atoms with Gasteiger partial charge in [0.2, 0.25) is 0 Å². The van der Waals surface area contributed by atoms with E-state index in [-0.39, 0.29) is 6.09 Å². The fraction of sp³-hybridized carbons (Fsp3) is 0.857. The maximum absolute atomic E-state index is 10.9. The summed E-state index contributed by atoms with van der Waals surface area (Å²) in [6, 6.07) is 1.02. The zero-order valence-corrected chi connectivity index (χ0v) is 6.04. The summed E-state index contributed by atoms with van der Waals surface area (Å²) in [6.07, 6.45) is 1.99. The van der Waals surface area contributed by atoms with Crippen LogP contribution in [0.1, 0.15) is 19.8 Å². The van der Waals surface area contributed by atoms with Gasteiger partial charge in [-0.05, 0) is 6.42 Å². The first-order valence-corrected chi connectivity index (χ1v) is 3.79. The summed E-state index contributed by atoms with van der Waals surface area (Å²) >= 11 is 0. The van der Waals surface area contributed by atoms with E-state index in [4.69, 9.17) is 4.74 Å². The second kappa shape index (κ2) is 1.87. The number of ether oxygens (including phenoxy) is 1. The van der Waals surface area contributed by atoms with Crippen molar-refractivity contribution in [2.75, 3.05) is 6.61 Å². The molecular formula is C7H11NO2. The first-order valence-electron chi connectivity index (χ1n) is 3.79. The monoisotopic (exact) mass is 141 g/mol. The van der Waals surface area contributed by atoms with Crippen LogP contribution in [-0.2, 0) is 4.74 Å². The lowest BCUT2D eigenvalue weighted by atomic mass is 10.2. The van der Waals surface area contributed by atoms with Gasteiger partial charge < -0.3 is 4.74 Å². The molecule has 0 unspecified atom stereocenters. The Morgan fingerprint density at radius 2 is 2.60 bits per heavy atom. The molecule has 0 N–H and O–H groups in total. The number of hydrogen-bond acceptors (Lipinski definition) is 2. The number of rotatable bonds is 1. The van der Waals surface area contributed by atoms with Gasteiger partial charge in [0.25, 0.3) is 0 Å². The van der Waals surface area contributed by atoms with Crippen LogP contribution in [0.15, 0.2) is 0 Å². The van der Waals surface area contributed by atoms with Gasteiger partial charge in [0, 0.05) is 6.42 Å². The topological polar surface area (TPSA) is 29.3 Å². The van der Waals surface area contributed by atoms with Gasteiger partial charge in [-0.25, -0.2) is 4.79 Å². The highest BCUT2D eigenvalue weighted by Crippen LogP contribution is 2.36. The molecule has 0 aromatic rings. The van der Waals surface area contributed by atoms with E-state index in [1.807, 2.05) is 4.90 Å². The average molecular weight is 141 g/mol. The Hall–Kier alpha value is -0.730. The summed E-state index contributed by atoms with van der Waals surface area (Å²) in [5, 5.41) is 0. The van der Waals surface area contributed by atoms with E-state index in [1.165, 1.54) is 0 Å². The summed E-state index contributed by atoms with van der Waals surface area (Å²) in [6.45, 7) is 2.73. The minimum Gasteiger partial charge on any atom is -0.449 e. The summed E-state index contributed by atoms with van der Waals surface area (Å²) in [5.74, 6) is 0. The standard InChI is InChI=1S/C7H11NO2/c1-2-5-6-3-4-10-7(9)8(5)6/h5-6H,2-4H2,1H3/t5-,6-,8?/m0/s1. The summed E-state index contributed by atoms with van der Waals surface area (Å²) in [4.78, 5) is 12.7. The molecule has 0 aromatic carbocycles. The maximum Gasteiger partial charge on any atom is 0.410 e. The van der Waals surface area contributed by atoms with Crippen molar-refractivity contribution in [3.05, 3.63) is 0 Å². The molecule has 56 valence electrons. The number of amides is 1. The van der Waals surface area contributed by atoms with Gasteiger partial charge in [0.15, 0.2) is 0 Å². The molecule has 10 heavy (non-hydrogen) atoms. The number of fused-ring (bicyclic) bond motifs is 1. The van der Waals surface area contributed by atoms with E-state index >= 15 is 0 Å². The van der Waals surface area contributed by atoms with Crippen LogP contribution in [-0.4, -0.2) is 29.7 Å². The number of cyclic esters (lactones) is 1. The first kappa shape index (κ1) is 6.01. The predicted octanol–water partition coefficient (Wildman–Crippen LogP) is 0.990. The Labute approximate surface area is 60.0 Å². The Morgan fingerprint density at radius 1 is 1.80 bits per heavy atom. The molecule has 3 nitrogen and oxygen atoms in total. The highest BCUT2D eigenvalue weighted by atomic mass is 16.6. The van der Waals surface area contributed by atoms with Gasteiger partial charge in [-0.1, -0.05) is 6.92 Å². The normalized spacial score (nSPS) is 36.9. The lowest BCUT2D eigenvalue weighted by Crippen LogP contribution is -2.22. The van der Waals surface area contributed by atoms with E-state index in [1.54, 1.807) is 0 Å². The zero-order valence-electron chi connectivity index (χ0n) is 6.04. The molecule has 2 aliphatic heterocycles. The Kier molecular flexibility index (Phi) is 1.13. The lowest BCUT2D eigenvalue weighted by molar-refractivity contribution is 0.109. The van der Waals surface area contributed by atoms with Crippen LogP contribution >= 0.6 is 0 Å². The molecule has 2 fully saturated rings. The minimum atomic E-state index is -0.108. The second-order valence-corrected chi connectivity index (χ2v) is 2.85. The van der Waals surface area contributed by atoms with Gasteiger partial charge >= 0.3 is 6.09 Å². The molecule has 0 radical (unpaired) electrons. The van der Waals surface area contributed by atoms with Crippen LogP contribution in [0.2, 0.25) is 0 Å². The number of nitrogens with zero attached hydrogens (tertiary/aromatic N) is 1. The number of carbonyl (C=O) groups is 1. The summed E-state index contributed by atoms with van der Waals surface area (Å²) in [7, 11) is 0. The molecule has 0 aliphatic carbocycles. The van der Waals surface area contributed by atoms with Crippen molar-refractivity contribution in [2.24, 2.45) is 0 Å². The van der Waals surface area contributed by atoms with E-state index in [2.05, 4.69) is 6.92 Å². The first-order chi connectivity index (χ1) is 4.84. The van der Waals surface area contributed by atoms with Gasteiger partial charge in [-0.3, -0.25) is 4.90 Å².